The van der Waals surface area contributed by atoms with Crippen LogP contribution < -0.4 is 26.6 Å². The van der Waals surface area contributed by atoms with Gasteiger partial charge in [-0.2, -0.15) is 0 Å². The van der Waals surface area contributed by atoms with Gasteiger partial charge in [0.25, 0.3) is 5.91 Å². The molecule has 22 heteroatoms. The minimum Gasteiger partial charge on any atom is -0.508 e. The van der Waals surface area contributed by atoms with Crippen molar-refractivity contribution in [2.24, 2.45) is 45.3 Å². The molecule has 3 saturated heterocycles. The van der Waals surface area contributed by atoms with Gasteiger partial charge in [-0.1, -0.05) is 83.4 Å². The van der Waals surface area contributed by atoms with E-state index in [2.05, 4.69) is 88.0 Å². The van der Waals surface area contributed by atoms with Gasteiger partial charge < -0.3 is 76.9 Å². The van der Waals surface area contributed by atoms with Crippen LogP contribution >= 0.6 is 0 Å². The standard InChI is InChI=1S/C64H97N7O15/c1-33(2)12-11-13-35(4)39-22-26-64(10)41-18-20-48-61(6,7)49(24-25-62(48,8)40(41)23-27-63(39,64)9)86-60(85)66-42-30-47(76)56(81)69-55(80)45-28-34(3)31-70(45)58(83)43(32-72)65-57(82)52(46(75)29-37-14-16-38(74)17-15-37)68-54(79)44-19-21-50(77)71(44)59(84)51(36(5)73)67-53(42)78/h12,14-17,34-36,39,42-52,56,72-77,81H,11,13,18-32H2,1-10H3,(H,65,82)(H,66,85)(H,67,78)(H,68,79)(H,69,80)/t34?,35-,36?,39-,42?,43?,44?,45?,46?,47+,48?,49?,50?,51?,52?,56-,62-,63-,64+/m1/s1. The number of rotatable bonds is 11. The van der Waals surface area contributed by atoms with Gasteiger partial charge in [-0.15, -0.1) is 0 Å². The lowest BCUT2D eigenvalue weighted by Gasteiger charge is -2.62. The van der Waals surface area contributed by atoms with Crippen LogP contribution in [0.15, 0.2) is 47.1 Å². The molecule has 4 aliphatic carbocycles. The van der Waals surface area contributed by atoms with Crippen LogP contribution in [0.3, 0.4) is 0 Å². The summed E-state index contributed by atoms with van der Waals surface area (Å²) in [6.45, 7) is 20.3. The highest BCUT2D eigenvalue weighted by molar-refractivity contribution is 5.98. The van der Waals surface area contributed by atoms with Crippen molar-refractivity contribution in [3.05, 3.63) is 52.6 Å². The number of nitrogens with zero attached hydrogens (tertiary/aromatic N) is 2. The number of benzene rings is 1. The minimum atomic E-state index is -2.14. The summed E-state index contributed by atoms with van der Waals surface area (Å²) in [6.07, 6.45) is -0.270. The van der Waals surface area contributed by atoms with Crippen LogP contribution in [-0.2, 0) is 39.9 Å². The number of alkyl carbamates (subject to hydrolysis) is 1. The number of hydrogen-bond donors (Lipinski definition) is 12. The maximum atomic E-state index is 14.7. The molecule has 478 valence electrons. The number of carbonyl (C=O) groups excluding carboxylic acids is 7. The molecule has 3 heterocycles. The summed E-state index contributed by atoms with van der Waals surface area (Å²) in [7, 11) is 0. The molecule has 7 aliphatic rings. The Morgan fingerprint density at radius 2 is 1.45 bits per heavy atom. The number of aliphatic hydroxyl groups is 6. The quantitative estimate of drug-likeness (QED) is 0.141. The zero-order valence-electron chi connectivity index (χ0n) is 51.9. The number of carbonyl (C=O) groups is 7. The number of aliphatic hydroxyl groups excluding tert-OH is 6. The molecule has 0 bridgehead atoms. The first-order chi connectivity index (χ1) is 40.4. The second-order valence-electron chi connectivity index (χ2n) is 28.0. The Kier molecular flexibility index (Phi) is 20.2. The number of fused-ring (bicyclic) bond motifs is 6. The Morgan fingerprint density at radius 1 is 0.779 bits per heavy atom. The SMILES string of the molecule is CC(C)=CCC[C@@H](C)[C@H]1CC[C@@]2(C)C3=C(CC[C@]12C)[C@@]1(C)CCC(OC(=O)NC2C[C@H](O)[C@@H](O)NC(=O)C4CC(C)CN4C(=O)C(CO)NC(=O)C(C(O)Cc4ccc(O)cc4)NC(=O)C4CCC(O)N4C(=O)C(C(C)O)NC2=O)C(C)(C)C1CC3. The number of phenolic OH excluding ortho intramolecular Hbond substituents is 1. The highest BCUT2D eigenvalue weighted by Gasteiger charge is 2.64. The van der Waals surface area contributed by atoms with Crippen LogP contribution in [-0.4, -0.2) is 173 Å². The van der Waals surface area contributed by atoms with E-state index in [0.717, 1.165) is 56.8 Å². The van der Waals surface area contributed by atoms with E-state index in [9.17, 15) is 69.3 Å². The summed E-state index contributed by atoms with van der Waals surface area (Å²) in [6, 6.07) is -4.73. The van der Waals surface area contributed by atoms with Crippen molar-refractivity contribution >= 4 is 41.5 Å². The molecule has 2 saturated carbocycles. The second kappa shape index (κ2) is 26.2. The molecule has 5 fully saturated rings. The van der Waals surface area contributed by atoms with Gasteiger partial charge in [0.15, 0.2) is 6.23 Å². The Labute approximate surface area is 505 Å². The van der Waals surface area contributed by atoms with Gasteiger partial charge in [0, 0.05) is 24.8 Å². The van der Waals surface area contributed by atoms with E-state index in [-0.39, 0.29) is 66.1 Å². The molecule has 8 rings (SSSR count). The average Bonchev–Trinajstić information content (AvgIpc) is 1.26. The molecule has 3 aliphatic heterocycles. The maximum absolute atomic E-state index is 14.7. The normalized spacial score (nSPS) is 37.4. The largest absolute Gasteiger partial charge is 0.508 e. The zero-order chi connectivity index (χ0) is 63.1. The number of phenols is 1. The molecule has 1 aromatic carbocycles. The molecule has 86 heavy (non-hydrogen) atoms. The van der Waals surface area contributed by atoms with Crippen molar-refractivity contribution in [2.75, 3.05) is 13.2 Å². The fourth-order valence-electron chi connectivity index (χ4n) is 16.8. The Hall–Kier alpha value is -5.65. The van der Waals surface area contributed by atoms with E-state index in [1.807, 2.05) is 0 Å². The van der Waals surface area contributed by atoms with Gasteiger partial charge in [0.2, 0.25) is 29.5 Å². The molecule has 7 amide bonds. The molecule has 0 spiro atoms. The lowest BCUT2D eigenvalue weighted by molar-refractivity contribution is -0.152. The molecule has 12 N–H and O–H groups in total. The summed E-state index contributed by atoms with van der Waals surface area (Å²) in [4.78, 5) is 102. The summed E-state index contributed by atoms with van der Waals surface area (Å²) in [5, 5.41) is 89.8. The number of amides is 7. The summed E-state index contributed by atoms with van der Waals surface area (Å²) in [5.41, 5.74) is 4.47. The molecular weight excluding hydrogens is 1110 g/mol. The summed E-state index contributed by atoms with van der Waals surface area (Å²) >= 11 is 0. The van der Waals surface area contributed by atoms with Crippen LogP contribution in [0.1, 0.15) is 165 Å². The van der Waals surface area contributed by atoms with E-state index in [4.69, 9.17) is 4.74 Å². The summed E-state index contributed by atoms with van der Waals surface area (Å²) < 4.78 is 6.31. The average molecular weight is 1200 g/mol. The fourth-order valence-corrected chi connectivity index (χ4v) is 16.8. The van der Waals surface area contributed by atoms with Crippen molar-refractivity contribution in [1.29, 1.82) is 0 Å². The first-order valence-corrected chi connectivity index (χ1v) is 31.3. The lowest BCUT2D eigenvalue weighted by atomic mass is 9.43. The van der Waals surface area contributed by atoms with Crippen LogP contribution in [0.2, 0.25) is 0 Å². The molecule has 0 aromatic heterocycles. The van der Waals surface area contributed by atoms with Crippen molar-refractivity contribution in [1.82, 2.24) is 36.4 Å². The Balaban J connectivity index is 1.05. The summed E-state index contributed by atoms with van der Waals surface area (Å²) in [5.74, 6) is -5.51. The Morgan fingerprint density at radius 3 is 2.12 bits per heavy atom. The monoisotopic (exact) mass is 1200 g/mol. The molecule has 22 nitrogen and oxygen atoms in total. The number of ether oxygens (including phenoxy) is 1. The second-order valence-corrected chi connectivity index (χ2v) is 28.0. The first kappa shape index (κ1) is 66.3. The van der Waals surface area contributed by atoms with Crippen molar-refractivity contribution in [3.8, 4) is 5.75 Å². The predicted octanol–water partition coefficient (Wildman–Crippen LogP) is 3.46. The van der Waals surface area contributed by atoms with E-state index in [1.54, 1.807) is 18.1 Å². The first-order valence-electron chi connectivity index (χ1n) is 31.3. The van der Waals surface area contributed by atoms with E-state index in [1.165, 1.54) is 42.7 Å². The highest BCUT2D eigenvalue weighted by atomic mass is 16.6. The van der Waals surface area contributed by atoms with Gasteiger partial charge in [-0.25, -0.2) is 4.79 Å². The van der Waals surface area contributed by atoms with Gasteiger partial charge in [-0.3, -0.25) is 28.8 Å². The molecule has 19 atom stereocenters. The molecular formula is C64H97N7O15. The molecule has 0 radical (unpaired) electrons. The van der Waals surface area contributed by atoms with Crippen molar-refractivity contribution < 1.29 is 74.0 Å². The van der Waals surface area contributed by atoms with Crippen LogP contribution in [0.25, 0.3) is 0 Å². The smallest absolute Gasteiger partial charge is 0.408 e. The molecule has 1 aromatic rings. The number of nitrogens with one attached hydrogen (secondary N) is 5. The minimum absolute atomic E-state index is 0.0413. The lowest BCUT2D eigenvalue weighted by Crippen LogP contribution is -2.63. The van der Waals surface area contributed by atoms with Gasteiger partial charge in [-0.05, 0) is 162 Å². The maximum Gasteiger partial charge on any atom is 0.408 e. The van der Waals surface area contributed by atoms with E-state index in [0.29, 0.717) is 28.7 Å². The number of aromatic hydroxyl groups is 1. The van der Waals surface area contributed by atoms with Crippen LogP contribution in [0.4, 0.5) is 4.79 Å². The molecule has 12 unspecified atom stereocenters. The van der Waals surface area contributed by atoms with Crippen LogP contribution in [0, 0.1) is 45.3 Å². The van der Waals surface area contributed by atoms with Gasteiger partial charge in [0.05, 0.1) is 18.8 Å². The van der Waals surface area contributed by atoms with Gasteiger partial charge in [0.1, 0.15) is 60.4 Å². The fraction of sp³-hybridized carbons (Fsp3) is 0.734. The van der Waals surface area contributed by atoms with Crippen molar-refractivity contribution in [2.45, 2.75) is 239 Å². The zero-order valence-corrected chi connectivity index (χ0v) is 51.9. The van der Waals surface area contributed by atoms with Crippen molar-refractivity contribution in [3.63, 3.8) is 0 Å². The van der Waals surface area contributed by atoms with E-state index < -0.39 is 133 Å². The third-order valence-corrected chi connectivity index (χ3v) is 21.8. The van der Waals surface area contributed by atoms with Gasteiger partial charge >= 0.3 is 6.09 Å². The van der Waals surface area contributed by atoms with Crippen LogP contribution in [0.5, 0.6) is 5.75 Å². The number of hydrogen-bond acceptors (Lipinski definition) is 15. The topological polar surface area (TPSA) is 337 Å². The van der Waals surface area contributed by atoms with E-state index >= 15 is 0 Å². The predicted molar refractivity (Wildman–Crippen MR) is 316 cm³/mol. The highest BCUT2D eigenvalue weighted by Crippen LogP contribution is 2.72. The third kappa shape index (κ3) is 13.1. The Bertz CT molecular complexity index is 2770. The number of allylic oxidation sites excluding steroid dienone is 4. The third-order valence-electron chi connectivity index (χ3n) is 21.8.